The molecule has 6 nitrogen and oxygen atoms in total. The second-order valence-corrected chi connectivity index (χ2v) is 6.62. The number of nitrogens with zero attached hydrogens (tertiary/aromatic N) is 1. The first kappa shape index (κ1) is 17.0. The number of carbonyl (C=O) groups is 1. The van der Waals surface area contributed by atoms with Gasteiger partial charge in [-0.2, -0.15) is 0 Å². The molecular weight excluding hydrogens is 338 g/mol. The van der Waals surface area contributed by atoms with Gasteiger partial charge in [0.05, 0.1) is 41.7 Å². The molecule has 0 bridgehead atoms. The fourth-order valence-corrected chi connectivity index (χ4v) is 3.29. The summed E-state index contributed by atoms with van der Waals surface area (Å²) in [5.41, 5.74) is 2.46. The van der Waals surface area contributed by atoms with Gasteiger partial charge in [0.2, 0.25) is 5.91 Å². The summed E-state index contributed by atoms with van der Waals surface area (Å²) < 4.78 is 11.5. The molecule has 0 aliphatic heterocycles. The number of hydrogen-bond donors (Lipinski definition) is 2. The third kappa shape index (κ3) is 4.00. The summed E-state index contributed by atoms with van der Waals surface area (Å²) in [5.74, 6) is 1.06. The van der Waals surface area contributed by atoms with E-state index in [9.17, 15) is 4.79 Å². The van der Waals surface area contributed by atoms with E-state index in [4.69, 9.17) is 9.47 Å². The number of anilines is 2. The maximum absolute atomic E-state index is 12.2. The topological polar surface area (TPSA) is 72.5 Å². The molecule has 1 amide bonds. The second kappa shape index (κ2) is 7.40. The number of fused-ring (bicyclic) bond motifs is 1. The Morgan fingerprint density at radius 2 is 2.00 bits per heavy atom. The largest absolute Gasteiger partial charge is 0.497 e. The lowest BCUT2D eigenvalue weighted by molar-refractivity contribution is -0.114. The minimum absolute atomic E-state index is 0.151. The summed E-state index contributed by atoms with van der Waals surface area (Å²) in [5, 5.41) is 6.98. The van der Waals surface area contributed by atoms with Crippen molar-refractivity contribution in [2.45, 2.75) is 6.92 Å². The molecule has 0 saturated heterocycles. The van der Waals surface area contributed by atoms with Crippen molar-refractivity contribution < 1.29 is 14.3 Å². The first-order valence-electron chi connectivity index (χ1n) is 7.72. The van der Waals surface area contributed by atoms with Crippen LogP contribution >= 0.6 is 11.3 Å². The zero-order chi connectivity index (χ0) is 17.8. The number of carbonyl (C=O) groups excluding carboxylic acids is 1. The van der Waals surface area contributed by atoms with Gasteiger partial charge >= 0.3 is 0 Å². The Balaban J connectivity index is 1.64. The van der Waals surface area contributed by atoms with Crippen LogP contribution in [-0.4, -0.2) is 31.7 Å². The number of amides is 1. The number of hydrogen-bond acceptors (Lipinski definition) is 6. The minimum Gasteiger partial charge on any atom is -0.497 e. The number of rotatable bonds is 6. The molecule has 0 radical (unpaired) electrons. The van der Waals surface area contributed by atoms with Gasteiger partial charge in [0.25, 0.3) is 0 Å². The van der Waals surface area contributed by atoms with Crippen LogP contribution in [0.1, 0.15) is 5.01 Å². The quantitative estimate of drug-likeness (QED) is 0.704. The fraction of sp³-hybridized carbons (Fsp3) is 0.222. The lowest BCUT2D eigenvalue weighted by Crippen LogP contribution is -2.22. The van der Waals surface area contributed by atoms with Crippen LogP contribution in [0.2, 0.25) is 0 Å². The van der Waals surface area contributed by atoms with Crippen molar-refractivity contribution >= 4 is 38.8 Å². The van der Waals surface area contributed by atoms with E-state index in [1.807, 2.05) is 25.1 Å². The Morgan fingerprint density at radius 1 is 1.16 bits per heavy atom. The first-order valence-corrected chi connectivity index (χ1v) is 8.53. The summed E-state index contributed by atoms with van der Waals surface area (Å²) >= 11 is 1.63. The standard InChI is InChI=1S/C18H19N3O3S/c1-11-20-15-6-4-12(8-17(15)25-11)19-10-18(22)21-14-7-5-13(23-2)9-16(14)24-3/h4-9,19H,10H2,1-3H3,(H,21,22). The number of aromatic nitrogens is 1. The van der Waals surface area contributed by atoms with E-state index in [0.29, 0.717) is 17.2 Å². The highest BCUT2D eigenvalue weighted by molar-refractivity contribution is 7.18. The zero-order valence-electron chi connectivity index (χ0n) is 14.3. The number of nitrogens with one attached hydrogen (secondary N) is 2. The van der Waals surface area contributed by atoms with E-state index >= 15 is 0 Å². The van der Waals surface area contributed by atoms with Crippen LogP contribution in [-0.2, 0) is 4.79 Å². The summed E-state index contributed by atoms with van der Waals surface area (Å²) in [7, 11) is 3.13. The van der Waals surface area contributed by atoms with E-state index < -0.39 is 0 Å². The number of ether oxygens (including phenoxy) is 2. The normalized spacial score (nSPS) is 10.5. The van der Waals surface area contributed by atoms with Crippen molar-refractivity contribution in [3.05, 3.63) is 41.4 Å². The maximum atomic E-state index is 12.2. The molecule has 1 heterocycles. The average molecular weight is 357 g/mol. The highest BCUT2D eigenvalue weighted by atomic mass is 32.1. The van der Waals surface area contributed by atoms with Crippen molar-refractivity contribution in [2.24, 2.45) is 0 Å². The highest BCUT2D eigenvalue weighted by Crippen LogP contribution is 2.29. The van der Waals surface area contributed by atoms with Gasteiger partial charge in [-0.05, 0) is 37.3 Å². The average Bonchev–Trinajstić information content (AvgIpc) is 2.99. The molecule has 0 aliphatic carbocycles. The predicted octanol–water partition coefficient (Wildman–Crippen LogP) is 3.67. The monoisotopic (exact) mass is 357 g/mol. The molecule has 25 heavy (non-hydrogen) atoms. The minimum atomic E-state index is -0.163. The number of aryl methyl sites for hydroxylation is 1. The zero-order valence-corrected chi connectivity index (χ0v) is 15.1. The van der Waals surface area contributed by atoms with Crippen LogP contribution in [0.5, 0.6) is 11.5 Å². The van der Waals surface area contributed by atoms with Crippen LogP contribution < -0.4 is 20.1 Å². The lowest BCUT2D eigenvalue weighted by atomic mass is 10.2. The third-order valence-electron chi connectivity index (χ3n) is 3.63. The first-order chi connectivity index (χ1) is 12.1. The molecular formula is C18H19N3O3S. The van der Waals surface area contributed by atoms with Gasteiger partial charge in [-0.15, -0.1) is 11.3 Å². The van der Waals surface area contributed by atoms with Gasteiger partial charge in [-0.3, -0.25) is 4.79 Å². The Bertz CT molecular complexity index is 908. The summed E-state index contributed by atoms with van der Waals surface area (Å²) in [6.45, 7) is 2.13. The van der Waals surface area contributed by atoms with Gasteiger partial charge in [0, 0.05) is 11.8 Å². The maximum Gasteiger partial charge on any atom is 0.243 e. The van der Waals surface area contributed by atoms with E-state index in [2.05, 4.69) is 15.6 Å². The van der Waals surface area contributed by atoms with Crippen LogP contribution in [0.3, 0.4) is 0 Å². The smallest absolute Gasteiger partial charge is 0.243 e. The molecule has 0 spiro atoms. The molecule has 2 N–H and O–H groups in total. The van der Waals surface area contributed by atoms with Crippen molar-refractivity contribution in [3.63, 3.8) is 0 Å². The van der Waals surface area contributed by atoms with Crippen molar-refractivity contribution in [2.75, 3.05) is 31.4 Å². The summed E-state index contributed by atoms with van der Waals surface area (Å²) in [4.78, 5) is 16.6. The van der Waals surface area contributed by atoms with Crippen LogP contribution in [0.4, 0.5) is 11.4 Å². The van der Waals surface area contributed by atoms with Gasteiger partial charge in [0.15, 0.2) is 0 Å². The van der Waals surface area contributed by atoms with E-state index in [1.54, 1.807) is 43.8 Å². The Kier molecular flexibility index (Phi) is 5.04. The van der Waals surface area contributed by atoms with Crippen LogP contribution in [0, 0.1) is 6.92 Å². The third-order valence-corrected chi connectivity index (χ3v) is 4.56. The Hall–Kier alpha value is -2.80. The molecule has 0 unspecified atom stereocenters. The summed E-state index contributed by atoms with van der Waals surface area (Å²) in [6.07, 6.45) is 0. The molecule has 2 aromatic carbocycles. The second-order valence-electron chi connectivity index (χ2n) is 5.38. The molecule has 1 aromatic heterocycles. The van der Waals surface area contributed by atoms with E-state index in [-0.39, 0.29) is 12.5 Å². The highest BCUT2D eigenvalue weighted by Gasteiger charge is 2.09. The van der Waals surface area contributed by atoms with Gasteiger partial charge < -0.3 is 20.1 Å². The Morgan fingerprint density at radius 3 is 2.76 bits per heavy atom. The van der Waals surface area contributed by atoms with Crippen molar-refractivity contribution in [3.8, 4) is 11.5 Å². The number of thiazole rings is 1. The molecule has 0 fully saturated rings. The van der Waals surface area contributed by atoms with Crippen LogP contribution in [0.25, 0.3) is 10.2 Å². The van der Waals surface area contributed by atoms with Gasteiger partial charge in [0.1, 0.15) is 11.5 Å². The molecule has 3 aromatic rings. The predicted molar refractivity (Wildman–Crippen MR) is 101 cm³/mol. The van der Waals surface area contributed by atoms with Crippen molar-refractivity contribution in [1.82, 2.24) is 4.98 Å². The molecule has 3 rings (SSSR count). The number of methoxy groups -OCH3 is 2. The number of benzene rings is 2. The SMILES string of the molecule is COc1ccc(NC(=O)CNc2ccc3nc(C)sc3c2)c(OC)c1. The molecule has 0 aliphatic rings. The fourth-order valence-electron chi connectivity index (χ4n) is 2.43. The van der Waals surface area contributed by atoms with E-state index in [1.165, 1.54) is 0 Å². The van der Waals surface area contributed by atoms with Gasteiger partial charge in [-0.25, -0.2) is 4.98 Å². The Labute approximate surface area is 149 Å². The van der Waals surface area contributed by atoms with E-state index in [0.717, 1.165) is 20.9 Å². The van der Waals surface area contributed by atoms with Crippen LogP contribution in [0.15, 0.2) is 36.4 Å². The molecule has 0 saturated carbocycles. The molecule has 7 heteroatoms. The molecule has 130 valence electrons. The lowest BCUT2D eigenvalue weighted by Gasteiger charge is -2.12. The van der Waals surface area contributed by atoms with Gasteiger partial charge in [-0.1, -0.05) is 0 Å². The molecule has 0 atom stereocenters. The summed E-state index contributed by atoms with van der Waals surface area (Å²) in [6, 6.07) is 11.1. The van der Waals surface area contributed by atoms with Crippen molar-refractivity contribution in [1.29, 1.82) is 0 Å².